The molecule has 1 aromatic heterocycles. The summed E-state index contributed by atoms with van der Waals surface area (Å²) in [4.78, 5) is 47.6. The number of phenols is 3. The largest absolute Gasteiger partial charge is 0.507 e. The molecule has 0 aliphatic rings. The lowest BCUT2D eigenvalue weighted by Crippen LogP contribution is -2.02. The lowest BCUT2D eigenvalue weighted by molar-refractivity contribution is -0.138. The van der Waals surface area contributed by atoms with Crippen molar-refractivity contribution < 1.29 is 58.1 Å². The Morgan fingerprint density at radius 3 is 0.744 bits per heavy atom. The molecule has 3 N–H and O–H groups in total. The molecule has 0 atom stereocenters. The number of aromatic nitrogens is 3. The van der Waals surface area contributed by atoms with Crippen molar-refractivity contribution in [1.29, 1.82) is 0 Å². The molecule has 0 amide bonds. The highest BCUT2D eigenvalue weighted by molar-refractivity contribution is 5.82. The van der Waals surface area contributed by atoms with Crippen LogP contribution in [0, 0.1) is 0 Å². The summed E-state index contributed by atoms with van der Waals surface area (Å²) in [5.74, 6) is 0.509. The number of benzene rings is 3. The number of hydrogen-bond donors (Lipinski definition) is 3. The Balaban J connectivity index is 1.32. The molecule has 78 heavy (non-hydrogen) atoms. The number of esters is 3. The molecule has 0 aliphatic heterocycles. The number of aromatic hydroxyl groups is 3. The van der Waals surface area contributed by atoms with Crippen LogP contribution in [0.25, 0.3) is 34.2 Å². The Bertz CT molecular complexity index is 2130. The van der Waals surface area contributed by atoms with Crippen LogP contribution in [0.1, 0.15) is 173 Å². The van der Waals surface area contributed by atoms with E-state index in [0.29, 0.717) is 73.6 Å². The van der Waals surface area contributed by atoms with Gasteiger partial charge in [0.2, 0.25) is 0 Å². The summed E-state index contributed by atoms with van der Waals surface area (Å²) in [5.41, 5.74) is 0.948. The number of hydrogen-bond acceptors (Lipinski definition) is 15. The van der Waals surface area contributed by atoms with E-state index in [2.05, 4.69) is 19.7 Å². The second kappa shape index (κ2) is 39.5. The molecule has 0 bridgehead atoms. The minimum atomic E-state index is -0.370. The Kier molecular flexibility index (Phi) is 32.2. The van der Waals surface area contributed by atoms with Crippen LogP contribution in [-0.4, -0.2) is 87.8 Å². The first-order chi connectivity index (χ1) is 38.1. The standard InChI is InChI=1S/C63H87N3O12/c1-4-58(70)76-43-31-25-19-13-7-10-16-22-28-40-73-49-34-37-52(55(67)46-49)61-64-62(53-38-35-50(47-56(53)68)74-41-29-23-17-11-8-14-20-26-32-44-77-59(71)5-2)66-63(65-61)54-39-36-51(48-57(54)69)75-42-30-24-18-12-9-15-21-27-33-45-78-60(72)6-3/h4-6,34-39,46-48,67-69H,1-3,7-33,40-45H2. The predicted octanol–water partition coefficient (Wildman–Crippen LogP) is 14.8. The van der Waals surface area contributed by atoms with Crippen molar-refractivity contribution in [3.8, 4) is 68.7 Å². The van der Waals surface area contributed by atoms with Crippen LogP contribution in [0.3, 0.4) is 0 Å². The van der Waals surface area contributed by atoms with Crippen LogP contribution in [0.2, 0.25) is 0 Å². The average Bonchev–Trinajstić information content (AvgIpc) is 3.55. The van der Waals surface area contributed by atoms with Crippen LogP contribution in [0.5, 0.6) is 34.5 Å². The molecule has 0 saturated carbocycles. The molecule has 0 aliphatic carbocycles. The lowest BCUT2D eigenvalue weighted by atomic mass is 10.1. The van der Waals surface area contributed by atoms with Gasteiger partial charge in [0.05, 0.1) is 56.3 Å². The van der Waals surface area contributed by atoms with E-state index in [1.54, 1.807) is 36.4 Å². The number of unbranched alkanes of at least 4 members (excludes halogenated alkanes) is 24. The van der Waals surface area contributed by atoms with E-state index in [1.807, 2.05) is 0 Å². The van der Waals surface area contributed by atoms with Gasteiger partial charge in [-0.25, -0.2) is 29.3 Å². The van der Waals surface area contributed by atoms with Gasteiger partial charge in [-0.15, -0.1) is 0 Å². The van der Waals surface area contributed by atoms with Gasteiger partial charge in [-0.1, -0.05) is 155 Å². The van der Waals surface area contributed by atoms with Crippen LogP contribution in [-0.2, 0) is 28.6 Å². The van der Waals surface area contributed by atoms with Gasteiger partial charge in [0.25, 0.3) is 0 Å². The van der Waals surface area contributed by atoms with Gasteiger partial charge in [-0.3, -0.25) is 0 Å². The molecule has 0 radical (unpaired) electrons. The highest BCUT2D eigenvalue weighted by Crippen LogP contribution is 2.38. The van der Waals surface area contributed by atoms with E-state index >= 15 is 0 Å². The van der Waals surface area contributed by atoms with Gasteiger partial charge in [-0.2, -0.15) is 0 Å². The molecule has 15 heteroatoms. The Labute approximate surface area is 463 Å². The summed E-state index contributed by atoms with van der Waals surface area (Å²) in [6.45, 7) is 13.1. The van der Waals surface area contributed by atoms with Crippen LogP contribution < -0.4 is 14.2 Å². The molecule has 3 aromatic carbocycles. The summed E-state index contributed by atoms with van der Waals surface area (Å²) >= 11 is 0. The lowest BCUT2D eigenvalue weighted by Gasteiger charge is -2.13. The number of nitrogens with zero attached hydrogens (tertiary/aromatic N) is 3. The van der Waals surface area contributed by atoms with Crippen molar-refractivity contribution in [2.24, 2.45) is 0 Å². The van der Waals surface area contributed by atoms with Gasteiger partial charge in [0, 0.05) is 36.4 Å². The smallest absolute Gasteiger partial charge is 0.330 e. The van der Waals surface area contributed by atoms with Crippen LogP contribution in [0.4, 0.5) is 0 Å². The van der Waals surface area contributed by atoms with Crippen molar-refractivity contribution in [2.45, 2.75) is 173 Å². The fraction of sp³-hybridized carbons (Fsp3) is 0.524. The maximum absolute atomic E-state index is 11.4. The zero-order valence-corrected chi connectivity index (χ0v) is 46.2. The van der Waals surface area contributed by atoms with Crippen molar-refractivity contribution in [3.63, 3.8) is 0 Å². The monoisotopic (exact) mass is 1080 g/mol. The SMILES string of the molecule is C=CC(=O)OCCCCCCCCCCCOc1ccc(-c2nc(-c3ccc(OCCCCCCCCCCCOC(=O)C=C)cc3O)nc(-c3ccc(OCCCCCCCCCCCOC(=O)C=C)cc3O)n2)c(O)c1. The second-order valence-electron chi connectivity index (χ2n) is 19.5. The summed E-state index contributed by atoms with van der Waals surface area (Å²) in [7, 11) is 0. The van der Waals surface area contributed by atoms with Gasteiger partial charge in [0.15, 0.2) is 17.5 Å². The molecule has 0 saturated heterocycles. The Morgan fingerprint density at radius 2 is 0.538 bits per heavy atom. The highest BCUT2D eigenvalue weighted by Gasteiger charge is 2.20. The maximum Gasteiger partial charge on any atom is 0.330 e. The fourth-order valence-corrected chi connectivity index (χ4v) is 8.70. The number of rotatable bonds is 45. The summed E-state index contributed by atoms with van der Waals surface area (Å²) in [6.07, 6.45) is 32.1. The normalized spacial score (nSPS) is 10.9. The minimum Gasteiger partial charge on any atom is -0.507 e. The number of phenolic OH excluding ortho intramolecular Hbond substituents is 3. The van der Waals surface area contributed by atoms with Crippen LogP contribution >= 0.6 is 0 Å². The summed E-state index contributed by atoms with van der Waals surface area (Å²) in [6, 6.07) is 15.0. The quantitative estimate of drug-likeness (QED) is 0.0163. The van der Waals surface area contributed by atoms with Gasteiger partial charge >= 0.3 is 17.9 Å². The molecule has 1 heterocycles. The van der Waals surface area contributed by atoms with Gasteiger partial charge in [-0.05, 0) is 74.9 Å². The Morgan fingerprint density at radius 1 is 0.333 bits per heavy atom. The third kappa shape index (κ3) is 26.4. The summed E-state index contributed by atoms with van der Waals surface area (Å²) in [5, 5.41) is 34.1. The number of carbonyl (C=O) groups is 3. The first-order valence-electron chi connectivity index (χ1n) is 28.6. The van der Waals surface area contributed by atoms with Gasteiger partial charge in [0.1, 0.15) is 34.5 Å². The van der Waals surface area contributed by atoms with E-state index in [4.69, 9.17) is 43.4 Å². The molecule has 4 aromatic rings. The van der Waals surface area contributed by atoms with E-state index in [0.717, 1.165) is 173 Å². The Hall–Kier alpha value is -6.90. The van der Waals surface area contributed by atoms with Crippen molar-refractivity contribution in [1.82, 2.24) is 15.0 Å². The first kappa shape index (κ1) is 63.6. The molecular weight excluding hydrogens is 991 g/mol. The zero-order valence-electron chi connectivity index (χ0n) is 46.2. The van der Waals surface area contributed by atoms with E-state index in [-0.39, 0.29) is 52.6 Å². The fourth-order valence-electron chi connectivity index (χ4n) is 8.70. The molecule has 4 rings (SSSR count). The van der Waals surface area contributed by atoms with E-state index in [9.17, 15) is 29.7 Å². The predicted molar refractivity (Wildman–Crippen MR) is 306 cm³/mol. The highest BCUT2D eigenvalue weighted by atomic mass is 16.5. The first-order valence-corrected chi connectivity index (χ1v) is 28.6. The van der Waals surface area contributed by atoms with E-state index < -0.39 is 0 Å². The van der Waals surface area contributed by atoms with Crippen molar-refractivity contribution in [2.75, 3.05) is 39.6 Å². The topological polar surface area (TPSA) is 206 Å². The number of ether oxygens (including phenoxy) is 6. The molecule has 0 unspecified atom stereocenters. The maximum atomic E-state index is 11.4. The third-order valence-electron chi connectivity index (χ3n) is 13.2. The van der Waals surface area contributed by atoms with Gasteiger partial charge < -0.3 is 43.7 Å². The van der Waals surface area contributed by atoms with E-state index in [1.165, 1.54) is 36.4 Å². The van der Waals surface area contributed by atoms with Crippen LogP contribution in [0.15, 0.2) is 92.6 Å². The molecular formula is C63H87N3O12. The van der Waals surface area contributed by atoms with Crippen molar-refractivity contribution >= 4 is 17.9 Å². The third-order valence-corrected chi connectivity index (χ3v) is 13.2. The molecule has 15 nitrogen and oxygen atoms in total. The molecule has 426 valence electrons. The summed E-state index contributed by atoms with van der Waals surface area (Å²) < 4.78 is 33.1. The molecule has 0 fully saturated rings. The van der Waals surface area contributed by atoms with Crippen molar-refractivity contribution in [3.05, 3.63) is 92.6 Å². The second-order valence-corrected chi connectivity index (χ2v) is 19.5. The average molecular weight is 1080 g/mol. The molecule has 0 spiro atoms. The number of carbonyl (C=O) groups excluding carboxylic acids is 3. The minimum absolute atomic E-state index is 0.100. The zero-order chi connectivity index (χ0) is 55.8.